The molecular formula is C15H20N4O2. The molecule has 0 fully saturated rings. The predicted molar refractivity (Wildman–Crippen MR) is 82.4 cm³/mol. The van der Waals surface area contributed by atoms with Crippen molar-refractivity contribution in [3.8, 4) is 0 Å². The molecule has 0 unspecified atom stereocenters. The van der Waals surface area contributed by atoms with E-state index in [-0.39, 0.29) is 10.6 Å². The van der Waals surface area contributed by atoms with Crippen molar-refractivity contribution in [2.45, 2.75) is 40.3 Å². The lowest BCUT2D eigenvalue weighted by molar-refractivity contribution is -0.385. The molecular weight excluding hydrogens is 268 g/mol. The first-order valence-corrected chi connectivity index (χ1v) is 7.01. The van der Waals surface area contributed by atoms with Gasteiger partial charge in [0.2, 0.25) is 0 Å². The summed E-state index contributed by atoms with van der Waals surface area (Å²) in [6.07, 6.45) is 4.67. The van der Waals surface area contributed by atoms with E-state index in [1.807, 2.05) is 25.5 Å². The molecule has 6 nitrogen and oxygen atoms in total. The molecule has 1 aromatic carbocycles. The van der Waals surface area contributed by atoms with Crippen molar-refractivity contribution in [1.82, 2.24) is 9.55 Å². The lowest BCUT2D eigenvalue weighted by Gasteiger charge is -2.12. The SMILES string of the molecule is CCCn1cncc1CNc1cc([N+](=O)[O-])c(C)cc1C. The van der Waals surface area contributed by atoms with Gasteiger partial charge < -0.3 is 9.88 Å². The number of aryl methyl sites for hydroxylation is 3. The van der Waals surface area contributed by atoms with Crippen molar-refractivity contribution in [2.75, 3.05) is 5.32 Å². The fourth-order valence-electron chi connectivity index (χ4n) is 2.35. The Morgan fingerprint density at radius 1 is 1.33 bits per heavy atom. The molecule has 0 amide bonds. The zero-order valence-electron chi connectivity index (χ0n) is 12.6. The Labute approximate surface area is 124 Å². The highest BCUT2D eigenvalue weighted by Gasteiger charge is 2.13. The molecule has 1 heterocycles. The van der Waals surface area contributed by atoms with Gasteiger partial charge in [0.05, 0.1) is 23.5 Å². The summed E-state index contributed by atoms with van der Waals surface area (Å²) >= 11 is 0. The van der Waals surface area contributed by atoms with Gasteiger partial charge in [0.1, 0.15) is 0 Å². The van der Waals surface area contributed by atoms with Crippen LogP contribution in [0.5, 0.6) is 0 Å². The van der Waals surface area contributed by atoms with Crippen molar-refractivity contribution in [1.29, 1.82) is 0 Å². The van der Waals surface area contributed by atoms with Crippen LogP contribution in [-0.4, -0.2) is 14.5 Å². The number of nitro groups is 1. The first-order valence-electron chi connectivity index (χ1n) is 7.01. The molecule has 0 atom stereocenters. The van der Waals surface area contributed by atoms with Crippen LogP contribution in [0, 0.1) is 24.0 Å². The van der Waals surface area contributed by atoms with Crippen molar-refractivity contribution >= 4 is 11.4 Å². The molecule has 0 aliphatic carbocycles. The van der Waals surface area contributed by atoms with Gasteiger partial charge in [-0.05, 0) is 31.9 Å². The number of imidazole rings is 1. The van der Waals surface area contributed by atoms with E-state index < -0.39 is 0 Å². The second-order valence-electron chi connectivity index (χ2n) is 5.14. The van der Waals surface area contributed by atoms with Crippen LogP contribution in [-0.2, 0) is 13.1 Å². The zero-order chi connectivity index (χ0) is 15.4. The third-order valence-corrected chi connectivity index (χ3v) is 3.46. The van der Waals surface area contributed by atoms with E-state index >= 15 is 0 Å². The van der Waals surface area contributed by atoms with Gasteiger partial charge in [-0.2, -0.15) is 0 Å². The van der Waals surface area contributed by atoms with Gasteiger partial charge in [-0.15, -0.1) is 0 Å². The van der Waals surface area contributed by atoms with E-state index in [0.717, 1.165) is 29.9 Å². The lowest BCUT2D eigenvalue weighted by atomic mass is 10.1. The molecule has 0 saturated heterocycles. The Morgan fingerprint density at radius 3 is 2.76 bits per heavy atom. The first kappa shape index (κ1) is 15.0. The summed E-state index contributed by atoms with van der Waals surface area (Å²) in [5.74, 6) is 0. The number of hydrogen-bond donors (Lipinski definition) is 1. The molecule has 1 aromatic heterocycles. The monoisotopic (exact) mass is 288 g/mol. The van der Waals surface area contributed by atoms with Crippen molar-refractivity contribution in [3.05, 3.63) is 51.6 Å². The van der Waals surface area contributed by atoms with Crippen molar-refractivity contribution in [2.24, 2.45) is 0 Å². The van der Waals surface area contributed by atoms with Crippen LogP contribution in [0.25, 0.3) is 0 Å². The highest BCUT2D eigenvalue weighted by Crippen LogP contribution is 2.26. The standard InChI is InChI=1S/C15H20N4O2/c1-4-5-18-10-16-8-13(18)9-17-14-7-15(19(20)21)12(3)6-11(14)2/h6-8,10,17H,4-5,9H2,1-3H3. The summed E-state index contributed by atoms with van der Waals surface area (Å²) in [5, 5.41) is 14.3. The van der Waals surface area contributed by atoms with Gasteiger partial charge in [-0.3, -0.25) is 10.1 Å². The highest BCUT2D eigenvalue weighted by atomic mass is 16.6. The summed E-state index contributed by atoms with van der Waals surface area (Å²) in [7, 11) is 0. The quantitative estimate of drug-likeness (QED) is 0.653. The van der Waals surface area contributed by atoms with Crippen LogP contribution in [0.4, 0.5) is 11.4 Å². The average Bonchev–Trinajstić information content (AvgIpc) is 2.85. The molecule has 0 aliphatic heterocycles. The van der Waals surface area contributed by atoms with Gasteiger partial charge in [0.15, 0.2) is 0 Å². The Kier molecular flexibility index (Phi) is 4.57. The number of anilines is 1. The molecule has 1 N–H and O–H groups in total. The van der Waals surface area contributed by atoms with Crippen molar-refractivity contribution < 1.29 is 4.92 Å². The summed E-state index contributed by atoms with van der Waals surface area (Å²) in [4.78, 5) is 14.8. The Morgan fingerprint density at radius 2 is 2.10 bits per heavy atom. The smallest absolute Gasteiger partial charge is 0.274 e. The molecule has 21 heavy (non-hydrogen) atoms. The van der Waals surface area contributed by atoms with Gasteiger partial charge in [-0.25, -0.2) is 4.98 Å². The minimum atomic E-state index is -0.346. The van der Waals surface area contributed by atoms with Gasteiger partial charge in [-0.1, -0.05) is 6.92 Å². The summed E-state index contributed by atoms with van der Waals surface area (Å²) in [5.41, 5.74) is 3.68. The minimum Gasteiger partial charge on any atom is -0.379 e. The Hall–Kier alpha value is -2.37. The number of nitrogens with zero attached hydrogens (tertiary/aromatic N) is 3. The fourth-order valence-corrected chi connectivity index (χ4v) is 2.35. The van der Waals surface area contributed by atoms with E-state index in [9.17, 15) is 10.1 Å². The van der Waals surface area contributed by atoms with Gasteiger partial charge in [0, 0.05) is 30.1 Å². The second kappa shape index (κ2) is 6.39. The summed E-state index contributed by atoms with van der Waals surface area (Å²) in [6.45, 7) is 7.34. The maximum Gasteiger partial charge on any atom is 0.274 e. The number of rotatable bonds is 6. The fraction of sp³-hybridized carbons (Fsp3) is 0.400. The average molecular weight is 288 g/mol. The second-order valence-corrected chi connectivity index (χ2v) is 5.14. The number of aromatic nitrogens is 2. The molecule has 0 bridgehead atoms. The normalized spacial score (nSPS) is 10.6. The molecule has 6 heteroatoms. The number of hydrogen-bond acceptors (Lipinski definition) is 4. The van der Waals surface area contributed by atoms with E-state index in [1.165, 1.54) is 0 Å². The Balaban J connectivity index is 2.18. The van der Waals surface area contributed by atoms with Crippen LogP contribution in [0.3, 0.4) is 0 Å². The topological polar surface area (TPSA) is 73.0 Å². The van der Waals surface area contributed by atoms with Gasteiger partial charge >= 0.3 is 0 Å². The molecule has 0 radical (unpaired) electrons. The van der Waals surface area contributed by atoms with Gasteiger partial charge in [0.25, 0.3) is 5.69 Å². The molecule has 112 valence electrons. The molecule has 0 aliphatic rings. The highest BCUT2D eigenvalue weighted by molar-refractivity contribution is 5.60. The van der Waals surface area contributed by atoms with Crippen LogP contribution in [0.2, 0.25) is 0 Å². The van der Waals surface area contributed by atoms with E-state index in [4.69, 9.17) is 0 Å². The number of nitrogens with one attached hydrogen (secondary N) is 1. The Bertz CT molecular complexity index is 649. The number of benzene rings is 1. The van der Waals surface area contributed by atoms with Crippen molar-refractivity contribution in [3.63, 3.8) is 0 Å². The van der Waals surface area contributed by atoms with E-state index in [2.05, 4.69) is 21.8 Å². The molecule has 2 aromatic rings. The molecule has 0 saturated carbocycles. The molecule has 2 rings (SSSR count). The third-order valence-electron chi connectivity index (χ3n) is 3.46. The first-order chi connectivity index (χ1) is 10.0. The minimum absolute atomic E-state index is 0.144. The maximum absolute atomic E-state index is 11.0. The number of nitro benzene ring substituents is 1. The van der Waals surface area contributed by atoms with Crippen LogP contribution < -0.4 is 5.32 Å². The summed E-state index contributed by atoms with van der Waals surface area (Å²) < 4.78 is 2.09. The lowest BCUT2D eigenvalue weighted by Crippen LogP contribution is -2.08. The predicted octanol–water partition coefficient (Wildman–Crippen LogP) is 3.43. The van der Waals surface area contributed by atoms with E-state index in [0.29, 0.717) is 12.1 Å². The maximum atomic E-state index is 11.0. The summed E-state index contributed by atoms with van der Waals surface area (Å²) in [6, 6.07) is 3.44. The third kappa shape index (κ3) is 3.39. The van der Waals surface area contributed by atoms with E-state index in [1.54, 1.807) is 13.0 Å². The van der Waals surface area contributed by atoms with Crippen LogP contribution >= 0.6 is 0 Å². The zero-order valence-corrected chi connectivity index (χ0v) is 12.6. The molecule has 0 spiro atoms. The van der Waals surface area contributed by atoms with Crippen LogP contribution in [0.1, 0.15) is 30.2 Å². The van der Waals surface area contributed by atoms with Crippen LogP contribution in [0.15, 0.2) is 24.7 Å². The largest absolute Gasteiger partial charge is 0.379 e.